The molecule has 17 heavy (non-hydrogen) atoms. The number of carbonyl (C=O) groups is 2. The van der Waals surface area contributed by atoms with E-state index in [-0.39, 0.29) is 22.8 Å². The van der Waals surface area contributed by atoms with Crippen molar-refractivity contribution in [1.82, 2.24) is 15.6 Å². The maximum absolute atomic E-state index is 11.6. The molecule has 0 saturated heterocycles. The normalized spacial score (nSPS) is 9.76. The van der Waals surface area contributed by atoms with Crippen LogP contribution >= 0.6 is 11.6 Å². The van der Waals surface area contributed by atoms with E-state index in [1.165, 1.54) is 19.1 Å². The van der Waals surface area contributed by atoms with Gasteiger partial charge < -0.3 is 16.4 Å². The highest BCUT2D eigenvalue weighted by Gasteiger charge is 2.07. The fourth-order valence-corrected chi connectivity index (χ4v) is 1.38. The second-order valence-corrected chi connectivity index (χ2v) is 3.73. The average Bonchev–Trinajstić information content (AvgIpc) is 2.22. The highest BCUT2D eigenvalue weighted by Crippen LogP contribution is 2.11. The third kappa shape index (κ3) is 4.69. The highest BCUT2D eigenvalue weighted by molar-refractivity contribution is 6.29. The van der Waals surface area contributed by atoms with Gasteiger partial charge in [-0.1, -0.05) is 11.6 Å². The van der Waals surface area contributed by atoms with E-state index in [0.717, 1.165) is 0 Å². The number of nitrogens with two attached hydrogens (primary N) is 1. The number of halogens is 1. The third-order valence-electron chi connectivity index (χ3n) is 1.86. The Morgan fingerprint density at radius 3 is 2.59 bits per heavy atom. The molecular formula is C10H13ClN4O2. The number of nitrogens with zero attached hydrogens (tertiary/aromatic N) is 1. The molecule has 0 saturated carbocycles. The first-order valence-corrected chi connectivity index (χ1v) is 5.32. The number of hydrogen-bond donors (Lipinski definition) is 3. The molecule has 0 atom stereocenters. The minimum absolute atomic E-state index is 0.143. The Morgan fingerprint density at radius 1 is 1.35 bits per heavy atom. The standard InChI is InChI=1S/C10H13ClN4O2/c1-6(16)13-2-3-14-10(17)7-4-8(11)15-9(12)5-7/h4-5H,2-3H2,1H3,(H2,12,15)(H,13,16)(H,14,17). The molecule has 1 heterocycles. The van der Waals surface area contributed by atoms with Crippen LogP contribution in [-0.2, 0) is 4.79 Å². The van der Waals surface area contributed by atoms with E-state index < -0.39 is 0 Å². The zero-order chi connectivity index (χ0) is 12.8. The van der Waals surface area contributed by atoms with Crippen molar-refractivity contribution in [3.05, 3.63) is 22.8 Å². The zero-order valence-corrected chi connectivity index (χ0v) is 10.0. The van der Waals surface area contributed by atoms with E-state index in [2.05, 4.69) is 15.6 Å². The van der Waals surface area contributed by atoms with Crippen molar-refractivity contribution in [2.75, 3.05) is 18.8 Å². The van der Waals surface area contributed by atoms with Crippen LogP contribution in [-0.4, -0.2) is 29.9 Å². The van der Waals surface area contributed by atoms with E-state index >= 15 is 0 Å². The average molecular weight is 257 g/mol. The van der Waals surface area contributed by atoms with Crippen molar-refractivity contribution in [3.63, 3.8) is 0 Å². The van der Waals surface area contributed by atoms with Gasteiger partial charge in [-0.2, -0.15) is 0 Å². The Labute approximate surface area is 104 Å². The second kappa shape index (κ2) is 6.05. The lowest BCUT2D eigenvalue weighted by molar-refractivity contribution is -0.118. The molecule has 92 valence electrons. The largest absolute Gasteiger partial charge is 0.384 e. The Bertz CT molecular complexity index is 416. The first-order valence-electron chi connectivity index (χ1n) is 4.94. The van der Waals surface area contributed by atoms with E-state index in [9.17, 15) is 9.59 Å². The fraction of sp³-hybridized carbons (Fsp3) is 0.300. The summed E-state index contributed by atoms with van der Waals surface area (Å²) in [5.41, 5.74) is 5.80. The minimum Gasteiger partial charge on any atom is -0.384 e. The molecule has 1 aromatic rings. The number of hydrogen-bond acceptors (Lipinski definition) is 4. The monoisotopic (exact) mass is 256 g/mol. The lowest BCUT2D eigenvalue weighted by Gasteiger charge is -2.06. The van der Waals surface area contributed by atoms with Crippen LogP contribution in [0, 0.1) is 0 Å². The molecule has 7 heteroatoms. The van der Waals surface area contributed by atoms with Crippen LogP contribution in [0.25, 0.3) is 0 Å². The summed E-state index contributed by atoms with van der Waals surface area (Å²) in [5, 5.41) is 5.34. The predicted octanol–water partition coefficient (Wildman–Crippen LogP) is 0.183. The molecular weight excluding hydrogens is 244 g/mol. The smallest absolute Gasteiger partial charge is 0.251 e. The van der Waals surface area contributed by atoms with E-state index in [1.54, 1.807) is 0 Å². The van der Waals surface area contributed by atoms with Gasteiger partial charge in [0, 0.05) is 25.6 Å². The molecule has 1 rings (SSSR count). The first-order chi connectivity index (χ1) is 7.99. The van der Waals surface area contributed by atoms with Gasteiger partial charge in [0.1, 0.15) is 11.0 Å². The van der Waals surface area contributed by atoms with Crippen LogP contribution in [0.3, 0.4) is 0 Å². The molecule has 0 spiro atoms. The maximum Gasteiger partial charge on any atom is 0.251 e. The Hall–Kier alpha value is -1.82. The minimum atomic E-state index is -0.314. The lowest BCUT2D eigenvalue weighted by Crippen LogP contribution is -2.33. The van der Waals surface area contributed by atoms with Crippen LogP contribution in [0.1, 0.15) is 17.3 Å². The van der Waals surface area contributed by atoms with Crippen LogP contribution in [0.2, 0.25) is 5.15 Å². The Morgan fingerprint density at radius 2 is 2.00 bits per heavy atom. The van der Waals surface area contributed by atoms with E-state index in [0.29, 0.717) is 18.7 Å². The number of carbonyl (C=O) groups excluding carboxylic acids is 2. The molecule has 6 nitrogen and oxygen atoms in total. The molecule has 4 N–H and O–H groups in total. The summed E-state index contributed by atoms with van der Waals surface area (Å²) in [6, 6.07) is 2.85. The van der Waals surface area contributed by atoms with E-state index in [1.807, 2.05) is 0 Å². The van der Waals surface area contributed by atoms with Crippen LogP contribution < -0.4 is 16.4 Å². The molecule has 0 aromatic carbocycles. The molecule has 2 amide bonds. The lowest BCUT2D eigenvalue weighted by atomic mass is 10.2. The van der Waals surface area contributed by atoms with Gasteiger partial charge in [0.15, 0.2) is 0 Å². The molecule has 0 fully saturated rings. The van der Waals surface area contributed by atoms with Crippen LogP contribution in [0.4, 0.5) is 5.82 Å². The summed E-state index contributed by atoms with van der Waals surface area (Å²) in [7, 11) is 0. The molecule has 0 radical (unpaired) electrons. The number of amides is 2. The quantitative estimate of drug-likeness (QED) is 0.529. The topological polar surface area (TPSA) is 97.1 Å². The summed E-state index contributed by atoms with van der Waals surface area (Å²) in [4.78, 5) is 26.0. The van der Waals surface area contributed by atoms with Crippen molar-refractivity contribution < 1.29 is 9.59 Å². The zero-order valence-electron chi connectivity index (χ0n) is 9.29. The van der Waals surface area contributed by atoms with E-state index in [4.69, 9.17) is 17.3 Å². The molecule has 0 unspecified atom stereocenters. The molecule has 0 aliphatic heterocycles. The highest BCUT2D eigenvalue weighted by atomic mass is 35.5. The van der Waals surface area contributed by atoms with Gasteiger partial charge in [0.25, 0.3) is 5.91 Å². The Kier molecular flexibility index (Phi) is 4.71. The molecule has 0 aliphatic carbocycles. The van der Waals surface area contributed by atoms with Crippen molar-refractivity contribution in [2.24, 2.45) is 0 Å². The SMILES string of the molecule is CC(=O)NCCNC(=O)c1cc(N)nc(Cl)c1. The number of nitrogens with one attached hydrogen (secondary N) is 2. The van der Waals surface area contributed by atoms with Crippen molar-refractivity contribution in [2.45, 2.75) is 6.92 Å². The van der Waals surface area contributed by atoms with Gasteiger partial charge in [-0.25, -0.2) is 4.98 Å². The number of rotatable bonds is 4. The maximum atomic E-state index is 11.6. The number of nitrogen functional groups attached to an aromatic ring is 1. The van der Waals surface area contributed by atoms with Gasteiger partial charge in [-0.15, -0.1) is 0 Å². The second-order valence-electron chi connectivity index (χ2n) is 3.34. The van der Waals surface area contributed by atoms with Crippen molar-refractivity contribution in [1.29, 1.82) is 0 Å². The van der Waals surface area contributed by atoms with Crippen molar-refractivity contribution >= 4 is 29.2 Å². The summed E-state index contributed by atoms with van der Waals surface area (Å²) < 4.78 is 0. The summed E-state index contributed by atoms with van der Waals surface area (Å²) >= 11 is 5.67. The summed E-state index contributed by atoms with van der Waals surface area (Å²) in [6.45, 7) is 2.11. The third-order valence-corrected chi connectivity index (χ3v) is 2.05. The van der Waals surface area contributed by atoms with Crippen molar-refractivity contribution in [3.8, 4) is 0 Å². The van der Waals surface area contributed by atoms with Crippen LogP contribution in [0.15, 0.2) is 12.1 Å². The fourth-order valence-electron chi connectivity index (χ4n) is 1.16. The van der Waals surface area contributed by atoms with Gasteiger partial charge in [0.2, 0.25) is 5.91 Å². The van der Waals surface area contributed by atoms with Gasteiger partial charge in [-0.05, 0) is 12.1 Å². The summed E-state index contributed by atoms with van der Waals surface area (Å²) in [6.07, 6.45) is 0. The molecule has 0 aliphatic rings. The predicted molar refractivity (Wildman–Crippen MR) is 64.7 cm³/mol. The van der Waals surface area contributed by atoms with Gasteiger partial charge in [0.05, 0.1) is 0 Å². The number of pyridine rings is 1. The number of anilines is 1. The first kappa shape index (κ1) is 13.2. The van der Waals surface area contributed by atoms with Crippen LogP contribution in [0.5, 0.6) is 0 Å². The van der Waals surface area contributed by atoms with Gasteiger partial charge in [-0.3, -0.25) is 9.59 Å². The molecule has 0 bridgehead atoms. The van der Waals surface area contributed by atoms with Gasteiger partial charge >= 0.3 is 0 Å². The summed E-state index contributed by atoms with van der Waals surface area (Å²) in [5.74, 6) is -0.272. The molecule has 1 aromatic heterocycles. The number of aromatic nitrogens is 1. The Balaban J connectivity index is 2.49.